The zero-order valence-electron chi connectivity index (χ0n) is 15.7. The van der Waals surface area contributed by atoms with Gasteiger partial charge in [-0.3, -0.25) is 9.59 Å². The highest BCUT2D eigenvalue weighted by atomic mass is 19.4. The van der Waals surface area contributed by atoms with Crippen molar-refractivity contribution in [3.8, 4) is 16.9 Å². The lowest BCUT2D eigenvalue weighted by Crippen LogP contribution is -2.34. The van der Waals surface area contributed by atoms with Gasteiger partial charge < -0.3 is 14.8 Å². The van der Waals surface area contributed by atoms with Crippen molar-refractivity contribution in [2.75, 3.05) is 13.7 Å². The van der Waals surface area contributed by atoms with E-state index in [9.17, 15) is 22.8 Å². The average molecular weight is 407 g/mol. The topological polar surface area (TPSA) is 64.6 Å². The predicted octanol–water partition coefficient (Wildman–Crippen LogP) is 3.75. The molecule has 5 nitrogen and oxygen atoms in total. The molecule has 1 aliphatic heterocycles. The number of benzene rings is 2. The molecule has 0 aliphatic carbocycles. The number of fused-ring (bicyclic) bond motifs is 1. The van der Waals surface area contributed by atoms with Crippen LogP contribution < -0.4 is 10.1 Å². The van der Waals surface area contributed by atoms with Crippen LogP contribution in [0.25, 0.3) is 11.1 Å². The van der Waals surface area contributed by atoms with Crippen LogP contribution in [0, 0.1) is 0 Å². The Morgan fingerprint density at radius 2 is 1.83 bits per heavy atom. The Hall–Kier alpha value is -3.03. The first-order valence-electron chi connectivity index (χ1n) is 9.08. The molecule has 1 atom stereocenters. The third-order valence-corrected chi connectivity index (χ3v) is 4.66. The normalized spacial score (nSPS) is 15.4. The second-order valence-electron chi connectivity index (χ2n) is 6.66. The number of halogens is 3. The number of para-hydroxylation sites is 1. The molecule has 3 rings (SSSR count). The lowest BCUT2D eigenvalue weighted by Gasteiger charge is -2.16. The van der Waals surface area contributed by atoms with Crippen molar-refractivity contribution in [2.45, 2.75) is 31.5 Å². The third-order valence-electron chi connectivity index (χ3n) is 4.66. The van der Waals surface area contributed by atoms with Crippen LogP contribution in [0.3, 0.4) is 0 Å². The molecule has 154 valence electrons. The van der Waals surface area contributed by atoms with E-state index in [-0.39, 0.29) is 30.9 Å². The molecule has 0 unspecified atom stereocenters. The third kappa shape index (κ3) is 4.88. The maximum absolute atomic E-state index is 13.4. The molecule has 1 aliphatic rings. The molecule has 0 radical (unpaired) electrons. The summed E-state index contributed by atoms with van der Waals surface area (Å²) in [5.74, 6) is -0.395. The molecule has 0 fully saturated rings. The Labute approximate surface area is 165 Å². The van der Waals surface area contributed by atoms with Gasteiger partial charge in [-0.2, -0.15) is 13.2 Å². The van der Waals surface area contributed by atoms with Crippen molar-refractivity contribution in [1.82, 2.24) is 5.32 Å². The molecule has 1 heterocycles. The zero-order valence-corrected chi connectivity index (χ0v) is 15.7. The fraction of sp³-hybridized carbons (Fsp3) is 0.333. The quantitative estimate of drug-likeness (QED) is 0.741. The molecule has 1 N–H and O–H groups in total. The summed E-state index contributed by atoms with van der Waals surface area (Å²) in [6, 6.07) is 10.5. The van der Waals surface area contributed by atoms with Crippen LogP contribution in [-0.4, -0.2) is 31.6 Å². The van der Waals surface area contributed by atoms with Crippen molar-refractivity contribution in [1.29, 1.82) is 0 Å². The first kappa shape index (κ1) is 20.7. The summed E-state index contributed by atoms with van der Waals surface area (Å²) < 4.78 is 50.6. The molecule has 2 aromatic carbocycles. The zero-order chi connectivity index (χ0) is 21.0. The predicted molar refractivity (Wildman–Crippen MR) is 99.3 cm³/mol. The lowest BCUT2D eigenvalue weighted by molar-refractivity contribution is -0.142. The molecule has 29 heavy (non-hydrogen) atoms. The number of hydrogen-bond acceptors (Lipinski definition) is 4. The van der Waals surface area contributed by atoms with Crippen molar-refractivity contribution in [2.24, 2.45) is 0 Å². The van der Waals surface area contributed by atoms with Gasteiger partial charge in [0.1, 0.15) is 11.9 Å². The van der Waals surface area contributed by atoms with Crippen molar-refractivity contribution in [3.63, 3.8) is 0 Å². The van der Waals surface area contributed by atoms with Crippen LogP contribution >= 0.6 is 0 Å². The Morgan fingerprint density at radius 1 is 1.10 bits per heavy atom. The second-order valence-corrected chi connectivity index (χ2v) is 6.66. The number of rotatable bonds is 6. The standard InChI is InChI=1S/C21H20F3NO4/c1-28-19(27)10-9-18(26)25-12-14-11-13-5-4-7-16(20(13)29-14)15-6-2-3-8-17(15)21(22,23)24/h2-8,14H,9-12H2,1H3,(H,25,26)/t14-/m0/s1. The van der Waals surface area contributed by atoms with Crippen molar-refractivity contribution in [3.05, 3.63) is 53.6 Å². The van der Waals surface area contributed by atoms with E-state index in [4.69, 9.17) is 4.74 Å². The Balaban J connectivity index is 1.72. The minimum atomic E-state index is -4.48. The summed E-state index contributed by atoms with van der Waals surface area (Å²) in [4.78, 5) is 22.9. The van der Waals surface area contributed by atoms with E-state index < -0.39 is 23.8 Å². The molecule has 0 bridgehead atoms. The minimum absolute atomic E-state index is 0.00342. The van der Waals surface area contributed by atoms with Crippen LogP contribution in [0.4, 0.5) is 13.2 Å². The highest BCUT2D eigenvalue weighted by Crippen LogP contribution is 2.43. The minimum Gasteiger partial charge on any atom is -0.487 e. The Bertz CT molecular complexity index is 911. The van der Waals surface area contributed by atoms with Gasteiger partial charge in [-0.15, -0.1) is 0 Å². The number of esters is 1. The average Bonchev–Trinajstić information content (AvgIpc) is 3.13. The number of carbonyl (C=O) groups excluding carboxylic acids is 2. The summed E-state index contributed by atoms with van der Waals surface area (Å²) >= 11 is 0. The van der Waals surface area contributed by atoms with E-state index in [1.54, 1.807) is 24.3 Å². The number of carbonyl (C=O) groups is 2. The Morgan fingerprint density at radius 3 is 2.55 bits per heavy atom. The largest absolute Gasteiger partial charge is 0.487 e. The van der Waals surface area contributed by atoms with Gasteiger partial charge in [-0.05, 0) is 17.2 Å². The maximum Gasteiger partial charge on any atom is 0.417 e. The van der Waals surface area contributed by atoms with Gasteiger partial charge in [0.2, 0.25) is 5.91 Å². The molecule has 8 heteroatoms. The second kappa shape index (κ2) is 8.55. The summed E-state index contributed by atoms with van der Waals surface area (Å²) in [5, 5.41) is 2.68. The fourth-order valence-electron chi connectivity index (χ4n) is 3.26. The molecular formula is C21H20F3NO4. The molecule has 0 saturated carbocycles. The number of alkyl halides is 3. The van der Waals surface area contributed by atoms with Gasteiger partial charge in [0, 0.05) is 18.4 Å². The van der Waals surface area contributed by atoms with Crippen molar-refractivity contribution < 1.29 is 32.2 Å². The van der Waals surface area contributed by atoms with Gasteiger partial charge in [-0.1, -0.05) is 36.4 Å². The number of hydrogen-bond donors (Lipinski definition) is 1. The van der Waals surface area contributed by atoms with Crippen LogP contribution in [0.2, 0.25) is 0 Å². The van der Waals surface area contributed by atoms with Crippen molar-refractivity contribution >= 4 is 11.9 Å². The number of nitrogens with one attached hydrogen (secondary N) is 1. The van der Waals surface area contributed by atoms with Crippen LogP contribution in [0.15, 0.2) is 42.5 Å². The van der Waals surface area contributed by atoms with E-state index in [1.807, 2.05) is 0 Å². The summed E-state index contributed by atoms with van der Waals surface area (Å²) in [5.41, 5.74) is 0.486. The monoisotopic (exact) mass is 407 g/mol. The summed E-state index contributed by atoms with van der Waals surface area (Å²) in [6.07, 6.45) is -4.44. The first-order chi connectivity index (χ1) is 13.8. The molecule has 1 amide bonds. The highest BCUT2D eigenvalue weighted by Gasteiger charge is 2.35. The number of amides is 1. The molecule has 0 saturated heterocycles. The van der Waals surface area contributed by atoms with Gasteiger partial charge in [-0.25, -0.2) is 0 Å². The van der Waals surface area contributed by atoms with Crippen LogP contribution in [0.5, 0.6) is 5.75 Å². The van der Waals surface area contributed by atoms with E-state index in [1.165, 1.54) is 19.2 Å². The summed E-state index contributed by atoms with van der Waals surface area (Å²) in [6.45, 7) is 0.190. The highest BCUT2D eigenvalue weighted by molar-refractivity contribution is 5.81. The van der Waals surface area contributed by atoms with E-state index in [0.29, 0.717) is 17.7 Å². The van der Waals surface area contributed by atoms with E-state index in [2.05, 4.69) is 10.1 Å². The first-order valence-corrected chi connectivity index (χ1v) is 9.08. The molecule has 2 aromatic rings. The van der Waals surface area contributed by atoms with Gasteiger partial charge in [0.15, 0.2) is 0 Å². The fourth-order valence-corrected chi connectivity index (χ4v) is 3.26. The van der Waals surface area contributed by atoms with Gasteiger partial charge in [0.25, 0.3) is 0 Å². The Kier molecular flexibility index (Phi) is 6.10. The maximum atomic E-state index is 13.4. The summed E-state index contributed by atoms with van der Waals surface area (Å²) in [7, 11) is 1.25. The van der Waals surface area contributed by atoms with Gasteiger partial charge >= 0.3 is 12.1 Å². The van der Waals surface area contributed by atoms with Crippen LogP contribution in [0.1, 0.15) is 24.0 Å². The smallest absolute Gasteiger partial charge is 0.417 e. The van der Waals surface area contributed by atoms with E-state index in [0.717, 1.165) is 11.6 Å². The van der Waals surface area contributed by atoms with Gasteiger partial charge in [0.05, 0.1) is 25.6 Å². The van der Waals surface area contributed by atoms with Crippen LogP contribution in [-0.2, 0) is 26.9 Å². The number of methoxy groups -OCH3 is 1. The molecule has 0 spiro atoms. The van der Waals surface area contributed by atoms with E-state index >= 15 is 0 Å². The SMILES string of the molecule is COC(=O)CCC(=O)NC[C@@H]1Cc2cccc(-c3ccccc3C(F)(F)F)c2O1. The molecule has 0 aromatic heterocycles. The number of ether oxygens (including phenoxy) is 2. The molecular weight excluding hydrogens is 387 g/mol. The lowest BCUT2D eigenvalue weighted by atomic mass is 9.96.